The number of nitrogens with one attached hydrogen (secondary N) is 1. The topological polar surface area (TPSA) is 61.8 Å². The maximum atomic E-state index is 13.7. The molecule has 140 valence electrons. The third-order valence-corrected chi connectivity index (χ3v) is 4.42. The highest BCUT2D eigenvalue weighted by Crippen LogP contribution is 2.21. The SMILES string of the molecule is CC(C(=O)Nc1ccc(F)cc1F)N1N=C(c2ccc(Cl)cc2)CCC1=O. The van der Waals surface area contributed by atoms with Crippen LogP contribution >= 0.6 is 11.6 Å². The van der Waals surface area contributed by atoms with Gasteiger partial charge < -0.3 is 5.32 Å². The maximum absolute atomic E-state index is 13.7. The van der Waals surface area contributed by atoms with E-state index in [2.05, 4.69) is 10.4 Å². The molecule has 5 nitrogen and oxygen atoms in total. The van der Waals surface area contributed by atoms with Crippen LogP contribution in [0.5, 0.6) is 0 Å². The first-order valence-corrected chi connectivity index (χ1v) is 8.64. The fourth-order valence-corrected chi connectivity index (χ4v) is 2.79. The first-order valence-electron chi connectivity index (χ1n) is 8.26. The summed E-state index contributed by atoms with van der Waals surface area (Å²) in [6.07, 6.45) is 0.641. The van der Waals surface area contributed by atoms with Crippen molar-refractivity contribution in [2.24, 2.45) is 5.10 Å². The van der Waals surface area contributed by atoms with Crippen LogP contribution in [0, 0.1) is 11.6 Å². The van der Waals surface area contributed by atoms with E-state index in [-0.39, 0.29) is 18.0 Å². The lowest BCUT2D eigenvalue weighted by Crippen LogP contribution is -2.45. The van der Waals surface area contributed by atoms with Gasteiger partial charge in [-0.25, -0.2) is 13.8 Å². The van der Waals surface area contributed by atoms with Crippen molar-refractivity contribution in [2.75, 3.05) is 5.32 Å². The van der Waals surface area contributed by atoms with E-state index in [1.807, 2.05) is 0 Å². The van der Waals surface area contributed by atoms with Crippen LogP contribution in [-0.2, 0) is 9.59 Å². The predicted molar refractivity (Wildman–Crippen MR) is 98.5 cm³/mol. The third-order valence-electron chi connectivity index (χ3n) is 4.17. The van der Waals surface area contributed by atoms with Crippen molar-refractivity contribution in [1.29, 1.82) is 0 Å². The van der Waals surface area contributed by atoms with E-state index in [0.29, 0.717) is 23.2 Å². The van der Waals surface area contributed by atoms with Gasteiger partial charge in [0.05, 0.1) is 11.4 Å². The van der Waals surface area contributed by atoms with Crippen molar-refractivity contribution in [2.45, 2.75) is 25.8 Å². The van der Waals surface area contributed by atoms with E-state index in [0.717, 1.165) is 22.7 Å². The molecule has 1 aliphatic rings. The Bertz CT molecular complexity index is 916. The van der Waals surface area contributed by atoms with Gasteiger partial charge in [-0.05, 0) is 36.8 Å². The molecule has 27 heavy (non-hydrogen) atoms. The molecule has 0 saturated carbocycles. The van der Waals surface area contributed by atoms with Crippen LogP contribution in [0.1, 0.15) is 25.3 Å². The van der Waals surface area contributed by atoms with Crippen molar-refractivity contribution in [3.8, 4) is 0 Å². The van der Waals surface area contributed by atoms with E-state index in [1.54, 1.807) is 24.3 Å². The summed E-state index contributed by atoms with van der Waals surface area (Å²) in [6.45, 7) is 1.49. The Hall–Kier alpha value is -2.80. The number of anilines is 1. The van der Waals surface area contributed by atoms with Crippen LogP contribution in [-0.4, -0.2) is 28.6 Å². The molecule has 2 aromatic rings. The third kappa shape index (κ3) is 4.31. The molecule has 1 N–H and O–H groups in total. The van der Waals surface area contributed by atoms with E-state index in [9.17, 15) is 18.4 Å². The van der Waals surface area contributed by atoms with Crippen LogP contribution in [0.4, 0.5) is 14.5 Å². The number of benzene rings is 2. The molecule has 1 unspecified atom stereocenters. The molecule has 1 atom stereocenters. The van der Waals surface area contributed by atoms with Gasteiger partial charge in [0.2, 0.25) is 11.8 Å². The van der Waals surface area contributed by atoms with Crippen LogP contribution < -0.4 is 5.32 Å². The summed E-state index contributed by atoms with van der Waals surface area (Å²) in [5.74, 6) is -2.59. The van der Waals surface area contributed by atoms with Gasteiger partial charge in [-0.3, -0.25) is 9.59 Å². The normalized spacial score (nSPS) is 15.3. The summed E-state index contributed by atoms with van der Waals surface area (Å²) in [5.41, 5.74) is 1.28. The lowest BCUT2D eigenvalue weighted by atomic mass is 10.0. The number of carbonyl (C=O) groups excluding carboxylic acids is 2. The zero-order chi connectivity index (χ0) is 19.6. The average molecular weight is 392 g/mol. The van der Waals surface area contributed by atoms with Gasteiger partial charge >= 0.3 is 0 Å². The van der Waals surface area contributed by atoms with Crippen LogP contribution in [0.3, 0.4) is 0 Å². The Morgan fingerprint density at radius 2 is 1.89 bits per heavy atom. The molecular formula is C19H16ClF2N3O2. The predicted octanol–water partition coefficient (Wildman–Crippen LogP) is 3.97. The van der Waals surface area contributed by atoms with Crippen LogP contribution in [0.15, 0.2) is 47.6 Å². The van der Waals surface area contributed by atoms with Crippen molar-refractivity contribution in [3.63, 3.8) is 0 Å². The van der Waals surface area contributed by atoms with Gasteiger partial charge in [-0.1, -0.05) is 23.7 Å². The molecule has 0 aliphatic carbocycles. The second-order valence-corrected chi connectivity index (χ2v) is 6.52. The minimum Gasteiger partial charge on any atom is -0.322 e. The van der Waals surface area contributed by atoms with Gasteiger partial charge in [-0.15, -0.1) is 0 Å². The minimum absolute atomic E-state index is 0.167. The summed E-state index contributed by atoms with van der Waals surface area (Å²) in [4.78, 5) is 24.7. The van der Waals surface area contributed by atoms with Crippen molar-refractivity contribution < 1.29 is 18.4 Å². The smallest absolute Gasteiger partial charge is 0.249 e. The monoisotopic (exact) mass is 391 g/mol. The zero-order valence-electron chi connectivity index (χ0n) is 14.4. The van der Waals surface area contributed by atoms with Crippen molar-refractivity contribution in [3.05, 3.63) is 64.7 Å². The number of hydrogen-bond donors (Lipinski definition) is 1. The fourth-order valence-electron chi connectivity index (χ4n) is 2.66. The Balaban J connectivity index is 1.79. The molecule has 0 spiro atoms. The molecule has 2 aromatic carbocycles. The maximum Gasteiger partial charge on any atom is 0.249 e. The summed E-state index contributed by atoms with van der Waals surface area (Å²) in [5, 5.41) is 8.33. The lowest BCUT2D eigenvalue weighted by Gasteiger charge is -2.28. The first kappa shape index (κ1) is 19.0. The number of hydrogen-bond acceptors (Lipinski definition) is 3. The molecule has 0 aromatic heterocycles. The molecule has 0 bridgehead atoms. The van der Waals surface area contributed by atoms with Crippen LogP contribution in [0.25, 0.3) is 0 Å². The second-order valence-electron chi connectivity index (χ2n) is 6.08. The number of nitrogens with zero attached hydrogens (tertiary/aromatic N) is 2. The Morgan fingerprint density at radius 1 is 1.19 bits per heavy atom. The molecule has 1 aliphatic heterocycles. The van der Waals surface area contributed by atoms with E-state index < -0.39 is 23.6 Å². The number of carbonyl (C=O) groups is 2. The van der Waals surface area contributed by atoms with Crippen LogP contribution in [0.2, 0.25) is 5.02 Å². The first-order chi connectivity index (χ1) is 12.8. The van der Waals surface area contributed by atoms with Gasteiger partial charge in [0.25, 0.3) is 0 Å². The quantitative estimate of drug-likeness (QED) is 0.857. The van der Waals surface area contributed by atoms with E-state index in [4.69, 9.17) is 11.6 Å². The molecule has 3 rings (SSSR count). The average Bonchev–Trinajstić information content (AvgIpc) is 2.64. The summed E-state index contributed by atoms with van der Waals surface area (Å²) >= 11 is 5.88. The Morgan fingerprint density at radius 3 is 2.56 bits per heavy atom. The highest BCUT2D eigenvalue weighted by molar-refractivity contribution is 6.30. The van der Waals surface area contributed by atoms with Crippen molar-refractivity contribution >= 4 is 34.8 Å². The van der Waals surface area contributed by atoms with Gasteiger partial charge in [0, 0.05) is 23.9 Å². The van der Waals surface area contributed by atoms with Gasteiger partial charge in [-0.2, -0.15) is 5.10 Å². The molecule has 0 saturated heterocycles. The van der Waals surface area contributed by atoms with E-state index >= 15 is 0 Å². The highest BCUT2D eigenvalue weighted by atomic mass is 35.5. The molecule has 2 amide bonds. The van der Waals surface area contributed by atoms with Gasteiger partial charge in [0.15, 0.2) is 0 Å². The molecule has 0 radical (unpaired) electrons. The van der Waals surface area contributed by atoms with E-state index in [1.165, 1.54) is 6.92 Å². The second kappa shape index (κ2) is 7.84. The molecule has 8 heteroatoms. The summed E-state index contributed by atoms with van der Waals surface area (Å²) in [7, 11) is 0. The molecular weight excluding hydrogens is 376 g/mol. The number of halogens is 3. The number of rotatable bonds is 4. The largest absolute Gasteiger partial charge is 0.322 e. The lowest BCUT2D eigenvalue weighted by molar-refractivity contribution is -0.138. The van der Waals surface area contributed by atoms with Crippen molar-refractivity contribution in [1.82, 2.24) is 5.01 Å². The summed E-state index contributed by atoms with van der Waals surface area (Å²) in [6, 6.07) is 8.86. The number of hydrazone groups is 1. The van der Waals surface area contributed by atoms with Gasteiger partial charge in [0.1, 0.15) is 17.7 Å². The summed E-state index contributed by atoms with van der Waals surface area (Å²) < 4.78 is 26.7. The highest BCUT2D eigenvalue weighted by Gasteiger charge is 2.30. The number of amides is 2. The molecule has 0 fully saturated rings. The zero-order valence-corrected chi connectivity index (χ0v) is 15.1. The molecule has 1 heterocycles. The minimum atomic E-state index is -0.968. The fraction of sp³-hybridized carbons (Fsp3) is 0.211. The Labute approximate surface area is 159 Å². The Kier molecular flexibility index (Phi) is 5.51. The standard InChI is InChI=1S/C19H16ClF2N3O2/c1-11(19(27)23-17-7-6-14(21)10-15(17)22)25-18(26)9-8-16(24-25)12-2-4-13(20)5-3-12/h2-7,10-11H,8-9H2,1H3,(H,23,27).